The van der Waals surface area contributed by atoms with Crippen LogP contribution in [0.15, 0.2) is 38.9 Å². The molecule has 0 radical (unpaired) electrons. The van der Waals surface area contributed by atoms with Gasteiger partial charge < -0.3 is 9.64 Å². The van der Waals surface area contributed by atoms with Gasteiger partial charge in [0.05, 0.1) is 19.0 Å². The van der Waals surface area contributed by atoms with Gasteiger partial charge in [-0.1, -0.05) is 36.0 Å². The van der Waals surface area contributed by atoms with Gasteiger partial charge in [-0.25, -0.2) is 14.8 Å². The van der Waals surface area contributed by atoms with E-state index in [9.17, 15) is 14.4 Å². The lowest BCUT2D eigenvalue weighted by Gasteiger charge is -2.26. The number of fused-ring (bicyclic) bond motifs is 1. The van der Waals surface area contributed by atoms with Crippen LogP contribution in [0.25, 0.3) is 22.4 Å². The van der Waals surface area contributed by atoms with Gasteiger partial charge in [0.25, 0.3) is 5.56 Å². The fraction of sp³-hybridized carbons (Fsp3) is 0.381. The summed E-state index contributed by atoms with van der Waals surface area (Å²) in [7, 11) is 3.00. The molecule has 10 heteroatoms. The summed E-state index contributed by atoms with van der Waals surface area (Å²) in [6.45, 7) is 4.09. The third kappa shape index (κ3) is 4.00. The van der Waals surface area contributed by atoms with Gasteiger partial charge >= 0.3 is 5.69 Å². The Bertz CT molecular complexity index is 1280. The van der Waals surface area contributed by atoms with Crippen LogP contribution < -0.4 is 11.2 Å². The van der Waals surface area contributed by atoms with Crippen molar-refractivity contribution in [2.75, 3.05) is 32.1 Å². The number of thioether (sulfide) groups is 1. The molecule has 0 saturated carbocycles. The molecule has 1 aliphatic rings. The van der Waals surface area contributed by atoms with E-state index in [-0.39, 0.29) is 22.7 Å². The first kappa shape index (κ1) is 21.3. The van der Waals surface area contributed by atoms with Crippen LogP contribution in [0.4, 0.5) is 0 Å². The summed E-state index contributed by atoms with van der Waals surface area (Å²) in [6, 6.07) is 7.64. The average molecular weight is 442 g/mol. The zero-order valence-corrected chi connectivity index (χ0v) is 18.4. The molecule has 3 heterocycles. The van der Waals surface area contributed by atoms with Gasteiger partial charge in [-0.05, 0) is 12.5 Å². The Balaban J connectivity index is 1.83. The number of benzene rings is 1. The summed E-state index contributed by atoms with van der Waals surface area (Å²) in [5.74, 6) is 0.500. The van der Waals surface area contributed by atoms with Crippen LogP contribution in [-0.4, -0.2) is 62.0 Å². The maximum atomic E-state index is 12.9. The van der Waals surface area contributed by atoms with E-state index in [1.54, 1.807) is 11.9 Å². The standard InChI is InChI=1S/C21H23N5O4S/c1-13-6-4-5-7-14(13)17-22-18-16(20(28)25(3)21(29)24(18)2)19(23-17)31-12-15(27)26-8-10-30-11-9-26/h4-7H,8-12H2,1-3H3. The molecule has 1 aromatic carbocycles. The van der Waals surface area contributed by atoms with E-state index in [2.05, 4.69) is 9.97 Å². The summed E-state index contributed by atoms with van der Waals surface area (Å²) in [4.78, 5) is 49.0. The summed E-state index contributed by atoms with van der Waals surface area (Å²) < 4.78 is 7.68. The van der Waals surface area contributed by atoms with Gasteiger partial charge in [-0.15, -0.1) is 0 Å². The predicted molar refractivity (Wildman–Crippen MR) is 118 cm³/mol. The van der Waals surface area contributed by atoms with Gasteiger partial charge in [0, 0.05) is 32.7 Å². The van der Waals surface area contributed by atoms with E-state index >= 15 is 0 Å². The van der Waals surface area contributed by atoms with E-state index < -0.39 is 11.2 Å². The number of nitrogens with zero attached hydrogens (tertiary/aromatic N) is 5. The lowest BCUT2D eigenvalue weighted by Crippen LogP contribution is -2.41. The quantitative estimate of drug-likeness (QED) is 0.439. The van der Waals surface area contributed by atoms with E-state index in [0.717, 1.165) is 15.7 Å². The minimum absolute atomic E-state index is 0.0425. The number of aromatic nitrogens is 4. The molecule has 1 saturated heterocycles. The van der Waals surface area contributed by atoms with Gasteiger partial charge in [0.15, 0.2) is 11.5 Å². The molecule has 1 fully saturated rings. The first-order valence-corrected chi connectivity index (χ1v) is 10.9. The summed E-state index contributed by atoms with van der Waals surface area (Å²) >= 11 is 1.19. The molecule has 4 rings (SSSR count). The maximum Gasteiger partial charge on any atom is 0.332 e. The number of ether oxygens (including phenoxy) is 1. The van der Waals surface area contributed by atoms with Crippen LogP contribution in [0.1, 0.15) is 5.56 Å². The van der Waals surface area contributed by atoms with Crippen LogP contribution in [0, 0.1) is 6.92 Å². The van der Waals surface area contributed by atoms with Crippen LogP contribution in [0.2, 0.25) is 0 Å². The van der Waals surface area contributed by atoms with Crippen molar-refractivity contribution >= 4 is 28.7 Å². The number of hydrogen-bond acceptors (Lipinski definition) is 7. The van der Waals surface area contributed by atoms with Crippen molar-refractivity contribution in [1.29, 1.82) is 0 Å². The first-order valence-electron chi connectivity index (χ1n) is 9.90. The Labute approximate surface area is 182 Å². The summed E-state index contributed by atoms with van der Waals surface area (Å²) in [6.07, 6.45) is 0. The largest absolute Gasteiger partial charge is 0.378 e. The highest BCUT2D eigenvalue weighted by molar-refractivity contribution is 8.00. The number of hydrogen-bond donors (Lipinski definition) is 0. The third-order valence-electron chi connectivity index (χ3n) is 5.35. The summed E-state index contributed by atoms with van der Waals surface area (Å²) in [5.41, 5.74) is 1.08. The Morgan fingerprint density at radius 3 is 2.52 bits per heavy atom. The second-order valence-electron chi connectivity index (χ2n) is 7.35. The molecule has 0 aliphatic carbocycles. The highest BCUT2D eigenvalue weighted by Crippen LogP contribution is 2.27. The van der Waals surface area contributed by atoms with Gasteiger partial charge in [-0.2, -0.15) is 0 Å². The van der Waals surface area contributed by atoms with E-state index in [1.807, 2.05) is 31.2 Å². The second kappa shape index (κ2) is 8.64. The minimum atomic E-state index is -0.476. The molecule has 0 N–H and O–H groups in total. The molecule has 9 nitrogen and oxygen atoms in total. The highest BCUT2D eigenvalue weighted by atomic mass is 32.2. The molecule has 0 unspecified atom stereocenters. The zero-order valence-electron chi connectivity index (χ0n) is 17.6. The number of amides is 1. The van der Waals surface area contributed by atoms with Crippen molar-refractivity contribution in [3.8, 4) is 11.4 Å². The lowest BCUT2D eigenvalue weighted by molar-refractivity contribution is -0.132. The molecule has 31 heavy (non-hydrogen) atoms. The number of carbonyl (C=O) groups is 1. The zero-order chi connectivity index (χ0) is 22.1. The molecule has 1 aliphatic heterocycles. The Morgan fingerprint density at radius 2 is 1.81 bits per heavy atom. The van der Waals surface area contributed by atoms with Gasteiger partial charge in [-0.3, -0.25) is 18.7 Å². The van der Waals surface area contributed by atoms with Crippen molar-refractivity contribution in [2.45, 2.75) is 11.9 Å². The van der Waals surface area contributed by atoms with Crippen molar-refractivity contribution in [3.05, 3.63) is 50.7 Å². The van der Waals surface area contributed by atoms with E-state index in [1.165, 1.54) is 23.4 Å². The molecule has 0 bridgehead atoms. The van der Waals surface area contributed by atoms with E-state index in [4.69, 9.17) is 4.74 Å². The molecule has 3 aromatic rings. The van der Waals surface area contributed by atoms with Crippen LogP contribution in [-0.2, 0) is 23.6 Å². The Kier molecular flexibility index (Phi) is 5.92. The van der Waals surface area contributed by atoms with Crippen molar-refractivity contribution in [3.63, 3.8) is 0 Å². The molecule has 1 amide bonds. The van der Waals surface area contributed by atoms with E-state index in [0.29, 0.717) is 37.2 Å². The van der Waals surface area contributed by atoms with Crippen LogP contribution in [0.5, 0.6) is 0 Å². The monoisotopic (exact) mass is 441 g/mol. The third-order valence-corrected chi connectivity index (χ3v) is 6.31. The van der Waals surface area contributed by atoms with Crippen molar-refractivity contribution in [2.24, 2.45) is 14.1 Å². The van der Waals surface area contributed by atoms with Crippen LogP contribution in [0.3, 0.4) is 0 Å². The molecule has 2 aromatic heterocycles. The lowest BCUT2D eigenvalue weighted by atomic mass is 10.1. The Morgan fingerprint density at radius 1 is 1.10 bits per heavy atom. The van der Waals surface area contributed by atoms with Gasteiger partial charge in [0.1, 0.15) is 10.4 Å². The molecule has 0 atom stereocenters. The number of aryl methyl sites for hydroxylation is 2. The normalized spacial score (nSPS) is 14.2. The average Bonchev–Trinajstić information content (AvgIpc) is 2.80. The maximum absolute atomic E-state index is 12.9. The molecular weight excluding hydrogens is 418 g/mol. The molecule has 0 spiro atoms. The van der Waals surface area contributed by atoms with Gasteiger partial charge in [0.2, 0.25) is 5.91 Å². The number of carbonyl (C=O) groups excluding carboxylic acids is 1. The summed E-state index contributed by atoms with van der Waals surface area (Å²) in [5, 5.41) is 0.628. The predicted octanol–water partition coefficient (Wildman–Crippen LogP) is 0.954. The Hall–Kier alpha value is -2.98. The van der Waals surface area contributed by atoms with Crippen molar-refractivity contribution in [1.82, 2.24) is 24.0 Å². The smallest absolute Gasteiger partial charge is 0.332 e. The second-order valence-corrected chi connectivity index (χ2v) is 8.32. The first-order chi connectivity index (χ1) is 14.9. The SMILES string of the molecule is Cc1ccccc1-c1nc(SCC(=O)N2CCOCC2)c2c(=O)n(C)c(=O)n(C)c2n1. The fourth-order valence-electron chi connectivity index (χ4n) is 3.51. The minimum Gasteiger partial charge on any atom is -0.378 e. The topological polar surface area (TPSA) is 99.3 Å². The fourth-order valence-corrected chi connectivity index (χ4v) is 4.43. The van der Waals surface area contributed by atoms with Crippen LogP contribution >= 0.6 is 11.8 Å². The molecular formula is C21H23N5O4S. The number of morpholine rings is 1. The highest BCUT2D eigenvalue weighted by Gasteiger charge is 2.21. The molecule has 162 valence electrons. The number of rotatable bonds is 4. The van der Waals surface area contributed by atoms with Crippen molar-refractivity contribution < 1.29 is 9.53 Å².